The third-order valence-corrected chi connectivity index (χ3v) is 9.41. The number of nitrogens with zero attached hydrogens (tertiary/aromatic N) is 2. The van der Waals surface area contributed by atoms with E-state index in [9.17, 15) is 2.74 Å². The van der Waals surface area contributed by atoms with Gasteiger partial charge in [-0.2, -0.15) is 0 Å². The molecular formula is C44H28N2. The van der Waals surface area contributed by atoms with Crippen molar-refractivity contribution < 1.29 is 4.11 Å². The minimum absolute atomic E-state index is 0.149. The molecule has 10 aromatic rings. The summed E-state index contributed by atoms with van der Waals surface area (Å²) in [7, 11) is 0. The molecule has 2 heterocycles. The molecule has 0 aliphatic rings. The van der Waals surface area contributed by atoms with Crippen LogP contribution in [0.2, 0.25) is 0 Å². The highest BCUT2D eigenvalue weighted by Crippen LogP contribution is 2.42. The number of rotatable bonds is 3. The minimum Gasteiger partial charge on any atom is -0.309 e. The Labute approximate surface area is 270 Å². The predicted octanol–water partition coefficient (Wildman–Crippen LogP) is 11.9. The maximum absolute atomic E-state index is 9.72. The van der Waals surface area contributed by atoms with Gasteiger partial charge in [-0.1, -0.05) is 121 Å². The van der Waals surface area contributed by atoms with Gasteiger partial charge in [0.25, 0.3) is 0 Å². The lowest BCUT2D eigenvalue weighted by Gasteiger charge is -2.12. The molecular weight excluding hydrogens is 556 g/mol. The van der Waals surface area contributed by atoms with Gasteiger partial charge in [-0.15, -0.1) is 0 Å². The van der Waals surface area contributed by atoms with E-state index in [1.54, 1.807) is 6.07 Å². The third-order valence-electron chi connectivity index (χ3n) is 9.41. The van der Waals surface area contributed by atoms with E-state index in [1.807, 2.05) is 42.5 Å². The second-order valence-electron chi connectivity index (χ2n) is 11.9. The molecule has 10 rings (SSSR count). The van der Waals surface area contributed by atoms with E-state index in [-0.39, 0.29) is 18.1 Å². The van der Waals surface area contributed by atoms with E-state index in [2.05, 4.69) is 112 Å². The van der Waals surface area contributed by atoms with Crippen molar-refractivity contribution in [1.82, 2.24) is 9.13 Å². The zero-order chi connectivity index (χ0) is 32.8. The first-order chi connectivity index (χ1) is 24.1. The van der Waals surface area contributed by atoms with Gasteiger partial charge >= 0.3 is 0 Å². The molecule has 0 aliphatic heterocycles. The van der Waals surface area contributed by atoms with Crippen LogP contribution in [0.1, 0.15) is 4.11 Å². The van der Waals surface area contributed by atoms with E-state index in [1.165, 1.54) is 16.2 Å². The zero-order valence-electron chi connectivity index (χ0n) is 27.8. The smallest absolute Gasteiger partial charge is 0.0651 e. The summed E-state index contributed by atoms with van der Waals surface area (Å²) in [6.07, 6.45) is 0. The Morgan fingerprint density at radius 1 is 0.391 bits per heavy atom. The summed E-state index contributed by atoms with van der Waals surface area (Å²) in [6, 6.07) is 52.4. The van der Waals surface area contributed by atoms with Gasteiger partial charge in [-0.3, -0.25) is 0 Å². The number of aromatic nitrogens is 2. The molecule has 2 nitrogen and oxygen atoms in total. The Kier molecular flexibility index (Phi) is 4.72. The summed E-state index contributed by atoms with van der Waals surface area (Å²) in [5.41, 5.74) is 6.92. The Balaban J connectivity index is 1.37. The molecule has 0 N–H and O–H groups in total. The van der Waals surface area contributed by atoms with Crippen molar-refractivity contribution in [1.29, 1.82) is 0 Å². The lowest BCUT2D eigenvalue weighted by atomic mass is 9.98. The molecule has 0 aliphatic carbocycles. The SMILES string of the molecule is [2H]c1cc([2H])c(-n2c3ccccc3c3cc4c5c6ccccc6ccc5n(-c5ccccc5)c4cc32)c([2H])c1-c1cccc2ccccc12. The molecule has 2 heteroatoms. The predicted molar refractivity (Wildman–Crippen MR) is 196 cm³/mol. The monoisotopic (exact) mass is 587 g/mol. The fraction of sp³-hybridized carbons (Fsp3) is 0. The molecule has 0 spiro atoms. The van der Waals surface area contributed by atoms with Crippen LogP contribution in [0.5, 0.6) is 0 Å². The van der Waals surface area contributed by atoms with Gasteiger partial charge in [0.05, 0.1) is 26.2 Å². The topological polar surface area (TPSA) is 9.86 Å². The average Bonchev–Trinajstić information content (AvgIpc) is 3.63. The summed E-state index contributed by atoms with van der Waals surface area (Å²) in [5.74, 6) is 0. The van der Waals surface area contributed by atoms with Crippen LogP contribution < -0.4 is 0 Å². The largest absolute Gasteiger partial charge is 0.309 e. The Bertz CT molecular complexity index is 2970. The number of fused-ring (bicyclic) bond motifs is 9. The number of para-hydroxylation sites is 2. The summed E-state index contributed by atoms with van der Waals surface area (Å²) < 4.78 is 32.4. The molecule has 214 valence electrons. The van der Waals surface area contributed by atoms with Crippen LogP contribution in [-0.4, -0.2) is 9.13 Å². The van der Waals surface area contributed by atoms with Gasteiger partial charge in [0, 0.05) is 32.9 Å². The summed E-state index contributed by atoms with van der Waals surface area (Å²) in [5, 5.41) is 8.91. The van der Waals surface area contributed by atoms with Crippen LogP contribution >= 0.6 is 0 Å². The molecule has 0 atom stereocenters. The first-order valence-corrected chi connectivity index (χ1v) is 15.6. The van der Waals surface area contributed by atoms with Crippen LogP contribution in [0.25, 0.3) is 87.7 Å². The van der Waals surface area contributed by atoms with Gasteiger partial charge in [-0.05, 0) is 81.2 Å². The highest BCUT2D eigenvalue weighted by atomic mass is 15.0. The van der Waals surface area contributed by atoms with Crippen molar-refractivity contribution in [2.75, 3.05) is 0 Å². The van der Waals surface area contributed by atoms with Crippen molar-refractivity contribution in [2.24, 2.45) is 0 Å². The van der Waals surface area contributed by atoms with Crippen molar-refractivity contribution in [3.8, 4) is 22.5 Å². The molecule has 0 radical (unpaired) electrons. The van der Waals surface area contributed by atoms with E-state index in [0.29, 0.717) is 11.3 Å². The molecule has 0 fully saturated rings. The summed E-state index contributed by atoms with van der Waals surface area (Å²) in [6.45, 7) is 0. The molecule has 0 bridgehead atoms. The second kappa shape index (κ2) is 9.69. The van der Waals surface area contributed by atoms with Gasteiger partial charge in [0.1, 0.15) is 0 Å². The normalized spacial score (nSPS) is 12.8. The molecule has 0 unspecified atom stereocenters. The molecule has 46 heavy (non-hydrogen) atoms. The highest BCUT2D eigenvalue weighted by Gasteiger charge is 2.20. The van der Waals surface area contributed by atoms with Crippen molar-refractivity contribution in [3.05, 3.63) is 170 Å². The standard InChI is InChI=1S/C44H28N2/c1-2-16-32(17-3-1)45-41-25-24-30-13-5-7-20-36(30)44(41)39-27-38-37-21-8-9-23-40(37)46(42(38)28-43(39)45)33-18-10-15-31(26-33)35-22-11-14-29-12-4-6-19-34(29)35/h1-28H/i15D,18D,26D. The Morgan fingerprint density at radius 3 is 1.93 bits per heavy atom. The number of hydrogen-bond acceptors (Lipinski definition) is 0. The highest BCUT2D eigenvalue weighted by molar-refractivity contribution is 6.25. The first-order valence-electron chi connectivity index (χ1n) is 17.1. The van der Waals surface area contributed by atoms with Crippen LogP contribution in [0.4, 0.5) is 0 Å². The van der Waals surface area contributed by atoms with Crippen LogP contribution in [0.3, 0.4) is 0 Å². The number of hydrogen-bond donors (Lipinski definition) is 0. The second-order valence-corrected chi connectivity index (χ2v) is 11.9. The molecule has 0 saturated heterocycles. The molecule has 8 aromatic carbocycles. The maximum atomic E-state index is 9.72. The van der Waals surface area contributed by atoms with Crippen LogP contribution in [0.15, 0.2) is 170 Å². The fourth-order valence-corrected chi connectivity index (χ4v) is 7.42. The quantitative estimate of drug-likeness (QED) is 0.195. The average molecular weight is 588 g/mol. The lowest BCUT2D eigenvalue weighted by molar-refractivity contribution is 1.17. The van der Waals surface area contributed by atoms with Crippen molar-refractivity contribution in [2.45, 2.75) is 0 Å². The van der Waals surface area contributed by atoms with Crippen LogP contribution in [-0.2, 0) is 0 Å². The minimum atomic E-state index is 0.149. The lowest BCUT2D eigenvalue weighted by Crippen LogP contribution is -1.96. The number of benzene rings is 8. The summed E-state index contributed by atoms with van der Waals surface area (Å²) >= 11 is 0. The maximum Gasteiger partial charge on any atom is 0.0651 e. The van der Waals surface area contributed by atoms with Crippen LogP contribution in [0, 0.1) is 0 Å². The van der Waals surface area contributed by atoms with E-state index in [4.69, 9.17) is 1.37 Å². The molecule has 0 saturated carbocycles. The molecule has 0 amide bonds. The van der Waals surface area contributed by atoms with E-state index >= 15 is 0 Å². The first kappa shape index (κ1) is 22.4. The third kappa shape index (κ3) is 3.59. The van der Waals surface area contributed by atoms with Crippen molar-refractivity contribution >= 4 is 65.2 Å². The van der Waals surface area contributed by atoms with Gasteiger partial charge in [0.15, 0.2) is 0 Å². The van der Waals surface area contributed by atoms with Gasteiger partial charge in [0.2, 0.25) is 0 Å². The fourth-order valence-electron chi connectivity index (χ4n) is 7.42. The van der Waals surface area contributed by atoms with Crippen molar-refractivity contribution in [3.63, 3.8) is 0 Å². The molecule has 2 aromatic heterocycles. The van der Waals surface area contributed by atoms with E-state index in [0.717, 1.165) is 60.2 Å². The Hall–Kier alpha value is -6.12. The Morgan fingerprint density at radius 2 is 1.07 bits per heavy atom. The van der Waals surface area contributed by atoms with E-state index < -0.39 is 0 Å². The van der Waals surface area contributed by atoms with Gasteiger partial charge in [-0.25, -0.2) is 0 Å². The zero-order valence-corrected chi connectivity index (χ0v) is 24.8. The summed E-state index contributed by atoms with van der Waals surface area (Å²) in [4.78, 5) is 0. The van der Waals surface area contributed by atoms with Gasteiger partial charge < -0.3 is 9.13 Å².